The van der Waals surface area contributed by atoms with E-state index in [2.05, 4.69) is 11.6 Å². The maximum absolute atomic E-state index is 12.3. The number of unbranched alkanes of at least 4 members (excludes halogenated alkanes) is 1. The van der Waals surface area contributed by atoms with Gasteiger partial charge in [0.1, 0.15) is 0 Å². The Morgan fingerprint density at radius 2 is 1.95 bits per heavy atom. The summed E-state index contributed by atoms with van der Waals surface area (Å²) < 4.78 is 32.5. The van der Waals surface area contributed by atoms with Crippen molar-refractivity contribution in [1.29, 1.82) is 0 Å². The molecule has 0 aliphatic rings. The van der Waals surface area contributed by atoms with Crippen LogP contribution >= 0.6 is 0 Å². The lowest BCUT2D eigenvalue weighted by Gasteiger charge is -2.11. The van der Waals surface area contributed by atoms with E-state index in [-0.39, 0.29) is 0 Å². The summed E-state index contributed by atoms with van der Waals surface area (Å²) >= 11 is 0. The van der Waals surface area contributed by atoms with Crippen LogP contribution in [-0.2, 0) is 21.3 Å². The van der Waals surface area contributed by atoms with Crippen LogP contribution in [0.1, 0.15) is 37.3 Å². The first-order valence-electron chi connectivity index (χ1n) is 7.38. The molecule has 6 heteroatoms. The standard InChI is InChI=1S/C15H26N2O3S/c1-3-4-9-20-10-5-8-17-21(18,19)15-11-14(12-16)7-6-13(15)2/h6-7,11,17H,3-5,8-10,12,16H2,1-2H3. The summed E-state index contributed by atoms with van der Waals surface area (Å²) in [5.74, 6) is 0. The first-order valence-corrected chi connectivity index (χ1v) is 8.86. The minimum absolute atomic E-state index is 0.303. The van der Waals surface area contributed by atoms with Gasteiger partial charge in [-0.3, -0.25) is 0 Å². The Kier molecular flexibility index (Phi) is 7.88. The zero-order valence-corrected chi connectivity index (χ0v) is 13.7. The zero-order valence-electron chi connectivity index (χ0n) is 12.9. The second kappa shape index (κ2) is 9.15. The van der Waals surface area contributed by atoms with Gasteiger partial charge in [0.15, 0.2) is 0 Å². The van der Waals surface area contributed by atoms with Gasteiger partial charge in [-0.2, -0.15) is 0 Å². The summed E-state index contributed by atoms with van der Waals surface area (Å²) in [5, 5.41) is 0. The van der Waals surface area contributed by atoms with E-state index in [9.17, 15) is 8.42 Å². The molecule has 120 valence electrons. The van der Waals surface area contributed by atoms with Gasteiger partial charge in [0.25, 0.3) is 0 Å². The molecule has 0 spiro atoms. The Hall–Kier alpha value is -0.950. The Morgan fingerprint density at radius 3 is 2.62 bits per heavy atom. The fraction of sp³-hybridized carbons (Fsp3) is 0.600. The number of aryl methyl sites for hydroxylation is 1. The Morgan fingerprint density at radius 1 is 1.24 bits per heavy atom. The van der Waals surface area contributed by atoms with Gasteiger partial charge in [0.2, 0.25) is 10.0 Å². The van der Waals surface area contributed by atoms with Gasteiger partial charge in [-0.15, -0.1) is 0 Å². The first kappa shape index (κ1) is 18.1. The lowest BCUT2D eigenvalue weighted by Crippen LogP contribution is -2.26. The maximum atomic E-state index is 12.3. The molecule has 0 saturated heterocycles. The predicted molar refractivity (Wildman–Crippen MR) is 84.6 cm³/mol. The van der Waals surface area contributed by atoms with E-state index in [0.29, 0.717) is 31.0 Å². The van der Waals surface area contributed by atoms with Crippen molar-refractivity contribution in [2.75, 3.05) is 19.8 Å². The smallest absolute Gasteiger partial charge is 0.240 e. The summed E-state index contributed by atoms with van der Waals surface area (Å²) in [6, 6.07) is 5.26. The van der Waals surface area contributed by atoms with Crippen LogP contribution in [0.3, 0.4) is 0 Å². The van der Waals surface area contributed by atoms with E-state index >= 15 is 0 Å². The van der Waals surface area contributed by atoms with Crippen molar-refractivity contribution in [3.8, 4) is 0 Å². The molecule has 1 rings (SSSR count). The van der Waals surface area contributed by atoms with Crippen molar-refractivity contribution < 1.29 is 13.2 Å². The summed E-state index contributed by atoms with van der Waals surface area (Å²) in [6.07, 6.45) is 2.80. The number of benzene rings is 1. The molecule has 0 saturated carbocycles. The molecule has 0 radical (unpaired) electrons. The highest BCUT2D eigenvalue weighted by Gasteiger charge is 2.16. The number of hydrogen-bond donors (Lipinski definition) is 2. The maximum Gasteiger partial charge on any atom is 0.240 e. The first-order chi connectivity index (χ1) is 10.0. The average Bonchev–Trinajstić information content (AvgIpc) is 2.46. The highest BCUT2D eigenvalue weighted by atomic mass is 32.2. The lowest BCUT2D eigenvalue weighted by molar-refractivity contribution is 0.130. The van der Waals surface area contributed by atoms with Crippen LogP contribution in [0.15, 0.2) is 23.1 Å². The van der Waals surface area contributed by atoms with Gasteiger partial charge in [0.05, 0.1) is 4.90 Å². The van der Waals surface area contributed by atoms with Crippen molar-refractivity contribution in [2.45, 2.75) is 44.6 Å². The summed E-state index contributed by atoms with van der Waals surface area (Å²) in [7, 11) is -3.48. The molecule has 21 heavy (non-hydrogen) atoms. The molecule has 3 N–H and O–H groups in total. The SMILES string of the molecule is CCCCOCCCNS(=O)(=O)c1cc(CN)ccc1C. The zero-order chi connectivity index (χ0) is 15.7. The van der Waals surface area contributed by atoms with Gasteiger partial charge in [0, 0.05) is 26.3 Å². The summed E-state index contributed by atoms with van der Waals surface area (Å²) in [5.41, 5.74) is 7.09. The Labute approximate surface area is 127 Å². The summed E-state index contributed by atoms with van der Waals surface area (Å²) in [4.78, 5) is 0.303. The molecule has 0 unspecified atom stereocenters. The molecule has 1 aromatic rings. The van der Waals surface area contributed by atoms with E-state index in [1.54, 1.807) is 19.1 Å². The van der Waals surface area contributed by atoms with Crippen molar-refractivity contribution in [1.82, 2.24) is 4.72 Å². The normalized spacial score (nSPS) is 11.8. The third kappa shape index (κ3) is 6.13. The largest absolute Gasteiger partial charge is 0.381 e. The molecule has 0 fully saturated rings. The fourth-order valence-electron chi connectivity index (χ4n) is 1.87. The fourth-order valence-corrected chi connectivity index (χ4v) is 3.23. The third-order valence-corrected chi connectivity index (χ3v) is 4.78. The molecule has 0 heterocycles. The number of ether oxygens (including phenoxy) is 1. The van der Waals surface area contributed by atoms with E-state index in [0.717, 1.165) is 30.6 Å². The molecule has 0 aliphatic carbocycles. The molecular weight excluding hydrogens is 288 g/mol. The van der Waals surface area contributed by atoms with Gasteiger partial charge < -0.3 is 10.5 Å². The lowest BCUT2D eigenvalue weighted by atomic mass is 10.1. The number of nitrogens with two attached hydrogens (primary N) is 1. The van der Waals surface area contributed by atoms with Crippen LogP contribution in [0.4, 0.5) is 0 Å². The molecule has 1 aromatic carbocycles. The van der Waals surface area contributed by atoms with Gasteiger partial charge in [-0.05, 0) is 37.0 Å². The van der Waals surface area contributed by atoms with E-state index < -0.39 is 10.0 Å². The monoisotopic (exact) mass is 314 g/mol. The average molecular weight is 314 g/mol. The molecule has 0 amide bonds. The molecular formula is C15H26N2O3S. The third-order valence-electron chi connectivity index (χ3n) is 3.18. The Balaban J connectivity index is 2.50. The second-order valence-corrected chi connectivity index (χ2v) is 6.76. The van der Waals surface area contributed by atoms with Crippen LogP contribution in [0.2, 0.25) is 0 Å². The van der Waals surface area contributed by atoms with Gasteiger partial charge >= 0.3 is 0 Å². The van der Waals surface area contributed by atoms with Crippen LogP contribution in [0.5, 0.6) is 0 Å². The van der Waals surface area contributed by atoms with Crippen molar-refractivity contribution in [3.63, 3.8) is 0 Å². The van der Waals surface area contributed by atoms with Crippen molar-refractivity contribution in [3.05, 3.63) is 29.3 Å². The van der Waals surface area contributed by atoms with E-state index in [4.69, 9.17) is 10.5 Å². The Bertz CT molecular complexity index is 530. The van der Waals surface area contributed by atoms with Crippen LogP contribution in [0.25, 0.3) is 0 Å². The van der Waals surface area contributed by atoms with Crippen molar-refractivity contribution >= 4 is 10.0 Å². The second-order valence-electron chi connectivity index (χ2n) is 5.02. The number of rotatable bonds is 10. The highest BCUT2D eigenvalue weighted by Crippen LogP contribution is 2.16. The molecule has 5 nitrogen and oxygen atoms in total. The number of sulfonamides is 1. The quantitative estimate of drug-likeness (QED) is 0.647. The molecule has 0 aliphatic heterocycles. The minimum atomic E-state index is -3.48. The topological polar surface area (TPSA) is 81.4 Å². The minimum Gasteiger partial charge on any atom is -0.381 e. The van der Waals surface area contributed by atoms with E-state index in [1.165, 1.54) is 0 Å². The predicted octanol–water partition coefficient (Wildman–Crippen LogP) is 1.94. The molecule has 0 aromatic heterocycles. The number of nitrogens with one attached hydrogen (secondary N) is 1. The molecule has 0 atom stereocenters. The number of hydrogen-bond acceptors (Lipinski definition) is 4. The van der Waals surface area contributed by atoms with Crippen LogP contribution in [-0.4, -0.2) is 28.2 Å². The summed E-state index contributed by atoms with van der Waals surface area (Å²) in [6.45, 7) is 5.90. The van der Waals surface area contributed by atoms with Crippen molar-refractivity contribution in [2.24, 2.45) is 5.73 Å². The highest BCUT2D eigenvalue weighted by molar-refractivity contribution is 7.89. The molecule has 0 bridgehead atoms. The van der Waals surface area contributed by atoms with Gasteiger partial charge in [-0.1, -0.05) is 25.5 Å². The van der Waals surface area contributed by atoms with Crippen LogP contribution in [0, 0.1) is 6.92 Å². The van der Waals surface area contributed by atoms with Gasteiger partial charge in [-0.25, -0.2) is 13.1 Å². The van der Waals surface area contributed by atoms with Crippen LogP contribution < -0.4 is 10.5 Å². The van der Waals surface area contributed by atoms with E-state index in [1.807, 2.05) is 6.07 Å².